The smallest absolute Gasteiger partial charge is 0.238 e. The molecule has 2 fully saturated rings. The second-order valence-corrected chi connectivity index (χ2v) is 7.74. The predicted octanol–water partition coefficient (Wildman–Crippen LogP) is 1.57. The minimum atomic E-state index is -0.0527. The largest absolute Gasteiger partial charge is 0.373 e. The molecule has 1 amide bonds. The maximum atomic E-state index is 12.2. The van der Waals surface area contributed by atoms with Gasteiger partial charge < -0.3 is 10.1 Å². The standard InChI is InChI=1S/C18H27N3O2S/c1-13-8-21(9-14(2)23-13)10-16-6-4-3-5-15(16)7-19-18(22)17-11-24-12-20-17/h3-6,13-14,17,20H,7-12H2,1-2H3,(H,19,22)/t13-,14-,17+/m1/s1. The molecule has 0 radical (unpaired) electrons. The summed E-state index contributed by atoms with van der Waals surface area (Å²) in [6.45, 7) is 7.65. The molecule has 3 rings (SSSR count). The Hall–Kier alpha value is -1.08. The van der Waals surface area contributed by atoms with Crippen molar-refractivity contribution in [3.05, 3.63) is 35.4 Å². The zero-order valence-corrected chi connectivity index (χ0v) is 15.3. The van der Waals surface area contributed by atoms with Gasteiger partial charge >= 0.3 is 0 Å². The number of rotatable bonds is 5. The van der Waals surface area contributed by atoms with E-state index in [9.17, 15) is 4.79 Å². The van der Waals surface area contributed by atoms with Gasteiger partial charge in [0, 0.05) is 37.8 Å². The molecule has 1 aromatic carbocycles. The van der Waals surface area contributed by atoms with Crippen LogP contribution in [0.1, 0.15) is 25.0 Å². The highest BCUT2D eigenvalue weighted by Gasteiger charge is 2.24. The van der Waals surface area contributed by atoms with E-state index in [4.69, 9.17) is 4.74 Å². The number of hydrogen-bond donors (Lipinski definition) is 2. The van der Waals surface area contributed by atoms with E-state index in [0.717, 1.165) is 31.3 Å². The zero-order chi connectivity index (χ0) is 16.9. The maximum absolute atomic E-state index is 12.2. The Morgan fingerprint density at radius 1 is 1.29 bits per heavy atom. The van der Waals surface area contributed by atoms with Crippen molar-refractivity contribution >= 4 is 17.7 Å². The van der Waals surface area contributed by atoms with Gasteiger partial charge in [-0.25, -0.2) is 0 Å². The van der Waals surface area contributed by atoms with Gasteiger partial charge in [0.1, 0.15) is 0 Å². The number of morpholine rings is 1. The van der Waals surface area contributed by atoms with Crippen LogP contribution in [-0.2, 0) is 22.6 Å². The maximum Gasteiger partial charge on any atom is 0.238 e. The Kier molecular flexibility index (Phi) is 6.16. The molecule has 0 aliphatic carbocycles. The summed E-state index contributed by atoms with van der Waals surface area (Å²) in [6.07, 6.45) is 0.540. The van der Waals surface area contributed by atoms with E-state index >= 15 is 0 Å². The van der Waals surface area contributed by atoms with Crippen LogP contribution in [0.15, 0.2) is 24.3 Å². The fourth-order valence-corrected chi connectivity index (χ4v) is 4.35. The van der Waals surface area contributed by atoms with Gasteiger partial charge in [0.25, 0.3) is 0 Å². The minimum Gasteiger partial charge on any atom is -0.373 e. The van der Waals surface area contributed by atoms with Gasteiger partial charge in [-0.3, -0.25) is 15.0 Å². The number of carbonyl (C=O) groups excluding carboxylic acids is 1. The Balaban J connectivity index is 1.59. The number of ether oxygens (including phenoxy) is 1. The lowest BCUT2D eigenvalue weighted by atomic mass is 10.1. The van der Waals surface area contributed by atoms with Crippen LogP contribution < -0.4 is 10.6 Å². The number of carbonyl (C=O) groups is 1. The molecule has 24 heavy (non-hydrogen) atoms. The van der Waals surface area contributed by atoms with Crippen LogP contribution >= 0.6 is 11.8 Å². The fraction of sp³-hybridized carbons (Fsp3) is 0.611. The molecule has 0 unspecified atom stereocenters. The number of hydrogen-bond acceptors (Lipinski definition) is 5. The van der Waals surface area contributed by atoms with Crippen LogP contribution in [0.2, 0.25) is 0 Å². The number of thioether (sulfide) groups is 1. The summed E-state index contributed by atoms with van der Waals surface area (Å²) in [5.74, 6) is 1.82. The molecule has 132 valence electrons. The first-order valence-corrected chi connectivity index (χ1v) is 9.80. The molecule has 0 saturated carbocycles. The molecular weight excluding hydrogens is 322 g/mol. The van der Waals surface area contributed by atoms with Crippen molar-refractivity contribution in [3.8, 4) is 0 Å². The van der Waals surface area contributed by atoms with Crippen LogP contribution in [-0.4, -0.2) is 53.8 Å². The van der Waals surface area contributed by atoms with Crippen LogP contribution in [0, 0.1) is 0 Å². The fourth-order valence-electron chi connectivity index (χ4n) is 3.41. The molecule has 6 heteroatoms. The van der Waals surface area contributed by atoms with Crippen molar-refractivity contribution in [2.24, 2.45) is 0 Å². The van der Waals surface area contributed by atoms with E-state index < -0.39 is 0 Å². The highest BCUT2D eigenvalue weighted by atomic mass is 32.2. The van der Waals surface area contributed by atoms with E-state index in [0.29, 0.717) is 6.54 Å². The van der Waals surface area contributed by atoms with E-state index in [-0.39, 0.29) is 24.2 Å². The molecule has 3 atom stereocenters. The van der Waals surface area contributed by atoms with Gasteiger partial charge in [0.05, 0.1) is 18.2 Å². The molecule has 2 heterocycles. The number of amides is 1. The molecule has 0 bridgehead atoms. The SMILES string of the molecule is C[C@@H]1CN(Cc2ccccc2CNC(=O)[C@@H]2CSCN2)C[C@@H](C)O1. The summed E-state index contributed by atoms with van der Waals surface area (Å²) in [6, 6.07) is 8.33. The predicted molar refractivity (Wildman–Crippen MR) is 97.8 cm³/mol. The quantitative estimate of drug-likeness (QED) is 0.845. The lowest BCUT2D eigenvalue weighted by Gasteiger charge is -2.35. The van der Waals surface area contributed by atoms with E-state index in [1.165, 1.54) is 11.1 Å². The van der Waals surface area contributed by atoms with Crippen LogP contribution in [0.25, 0.3) is 0 Å². The molecule has 2 aliphatic rings. The van der Waals surface area contributed by atoms with E-state index in [1.807, 2.05) is 6.07 Å². The lowest BCUT2D eigenvalue weighted by Crippen LogP contribution is -2.45. The Bertz CT molecular complexity index is 553. The Morgan fingerprint density at radius 3 is 2.67 bits per heavy atom. The second kappa shape index (κ2) is 8.34. The first-order chi connectivity index (χ1) is 11.6. The van der Waals surface area contributed by atoms with Crippen molar-refractivity contribution in [1.82, 2.24) is 15.5 Å². The Labute approximate surface area is 148 Å². The highest BCUT2D eigenvalue weighted by molar-refractivity contribution is 7.99. The molecule has 2 N–H and O–H groups in total. The van der Waals surface area contributed by atoms with Crippen molar-refractivity contribution in [1.29, 1.82) is 0 Å². The third kappa shape index (κ3) is 4.72. The summed E-state index contributed by atoms with van der Waals surface area (Å²) in [7, 11) is 0. The van der Waals surface area contributed by atoms with Gasteiger partial charge in [0.2, 0.25) is 5.91 Å². The minimum absolute atomic E-state index is 0.0527. The first kappa shape index (κ1) is 17.7. The van der Waals surface area contributed by atoms with Crippen molar-refractivity contribution in [3.63, 3.8) is 0 Å². The summed E-state index contributed by atoms with van der Waals surface area (Å²) >= 11 is 1.77. The molecule has 5 nitrogen and oxygen atoms in total. The van der Waals surface area contributed by atoms with E-state index in [2.05, 4.69) is 47.6 Å². The van der Waals surface area contributed by atoms with Gasteiger partial charge in [-0.05, 0) is 25.0 Å². The third-order valence-electron chi connectivity index (χ3n) is 4.49. The van der Waals surface area contributed by atoms with Gasteiger partial charge in [-0.15, -0.1) is 11.8 Å². The third-order valence-corrected chi connectivity index (χ3v) is 5.43. The van der Waals surface area contributed by atoms with Gasteiger partial charge in [-0.2, -0.15) is 0 Å². The van der Waals surface area contributed by atoms with Gasteiger partial charge in [-0.1, -0.05) is 24.3 Å². The second-order valence-electron chi connectivity index (χ2n) is 6.71. The monoisotopic (exact) mass is 349 g/mol. The summed E-state index contributed by atoms with van der Waals surface area (Å²) in [5, 5.41) is 6.29. The zero-order valence-electron chi connectivity index (χ0n) is 14.5. The van der Waals surface area contributed by atoms with E-state index in [1.54, 1.807) is 11.8 Å². The van der Waals surface area contributed by atoms with Crippen molar-refractivity contribution < 1.29 is 9.53 Å². The van der Waals surface area contributed by atoms with Crippen molar-refractivity contribution in [2.75, 3.05) is 24.7 Å². The average Bonchev–Trinajstić information content (AvgIpc) is 3.07. The highest BCUT2D eigenvalue weighted by Crippen LogP contribution is 2.17. The lowest BCUT2D eigenvalue weighted by molar-refractivity contribution is -0.122. The topological polar surface area (TPSA) is 53.6 Å². The molecule has 2 aliphatic heterocycles. The van der Waals surface area contributed by atoms with Gasteiger partial charge in [0.15, 0.2) is 0 Å². The molecule has 0 aromatic heterocycles. The Morgan fingerprint density at radius 2 is 2.00 bits per heavy atom. The number of nitrogens with zero attached hydrogens (tertiary/aromatic N) is 1. The first-order valence-electron chi connectivity index (χ1n) is 8.65. The van der Waals surface area contributed by atoms with Crippen LogP contribution in [0.5, 0.6) is 0 Å². The normalized spacial score (nSPS) is 28.0. The summed E-state index contributed by atoms with van der Waals surface area (Å²) in [4.78, 5) is 14.6. The summed E-state index contributed by atoms with van der Waals surface area (Å²) in [5.41, 5.74) is 2.48. The molecule has 2 saturated heterocycles. The van der Waals surface area contributed by atoms with Crippen LogP contribution in [0.4, 0.5) is 0 Å². The molecule has 1 aromatic rings. The number of benzene rings is 1. The van der Waals surface area contributed by atoms with Crippen LogP contribution in [0.3, 0.4) is 0 Å². The molecular formula is C18H27N3O2S. The molecule has 0 spiro atoms. The number of nitrogens with one attached hydrogen (secondary N) is 2. The summed E-state index contributed by atoms with van der Waals surface area (Å²) < 4.78 is 5.81. The van der Waals surface area contributed by atoms with Crippen molar-refractivity contribution in [2.45, 2.75) is 45.2 Å². The average molecular weight is 350 g/mol.